The SMILES string of the molecule is CC(C)C(C)CC(=O)Nc1ccc(CN2CCCC(C(N)=O)C2)cc1. The number of hydrogen-bond acceptors (Lipinski definition) is 3. The number of amides is 2. The maximum Gasteiger partial charge on any atom is 0.224 e. The molecule has 2 rings (SSSR count). The quantitative estimate of drug-likeness (QED) is 0.797. The van der Waals surface area contributed by atoms with Crippen molar-refractivity contribution < 1.29 is 9.59 Å². The summed E-state index contributed by atoms with van der Waals surface area (Å²) in [6, 6.07) is 7.97. The number of hydrogen-bond donors (Lipinski definition) is 2. The molecule has 0 saturated carbocycles. The van der Waals surface area contributed by atoms with Crippen LogP contribution in [-0.4, -0.2) is 29.8 Å². The summed E-state index contributed by atoms with van der Waals surface area (Å²) < 4.78 is 0. The maximum atomic E-state index is 12.1. The van der Waals surface area contributed by atoms with Gasteiger partial charge in [-0.25, -0.2) is 0 Å². The van der Waals surface area contributed by atoms with Crippen LogP contribution in [0.5, 0.6) is 0 Å². The highest BCUT2D eigenvalue weighted by molar-refractivity contribution is 5.90. The third-order valence-corrected chi connectivity index (χ3v) is 5.20. The van der Waals surface area contributed by atoms with Crippen molar-refractivity contribution in [3.05, 3.63) is 29.8 Å². The van der Waals surface area contributed by atoms with E-state index in [-0.39, 0.29) is 17.7 Å². The van der Waals surface area contributed by atoms with E-state index in [9.17, 15) is 9.59 Å². The lowest BCUT2D eigenvalue weighted by atomic mass is 9.94. The van der Waals surface area contributed by atoms with Crippen LogP contribution in [0.2, 0.25) is 0 Å². The molecule has 25 heavy (non-hydrogen) atoms. The number of anilines is 1. The smallest absolute Gasteiger partial charge is 0.224 e. The van der Waals surface area contributed by atoms with Crippen molar-refractivity contribution >= 4 is 17.5 Å². The number of benzene rings is 1. The molecule has 0 aliphatic carbocycles. The Labute approximate surface area is 151 Å². The highest BCUT2D eigenvalue weighted by Gasteiger charge is 2.23. The highest BCUT2D eigenvalue weighted by atomic mass is 16.2. The van der Waals surface area contributed by atoms with Crippen LogP contribution in [0, 0.1) is 17.8 Å². The molecule has 138 valence electrons. The average Bonchev–Trinajstić information content (AvgIpc) is 2.56. The Kier molecular flexibility index (Phi) is 7.00. The van der Waals surface area contributed by atoms with E-state index in [1.165, 1.54) is 5.56 Å². The molecule has 1 fully saturated rings. The van der Waals surface area contributed by atoms with Crippen molar-refractivity contribution in [2.24, 2.45) is 23.5 Å². The van der Waals surface area contributed by atoms with Gasteiger partial charge in [0.2, 0.25) is 11.8 Å². The topological polar surface area (TPSA) is 75.4 Å². The van der Waals surface area contributed by atoms with E-state index in [2.05, 4.69) is 31.0 Å². The van der Waals surface area contributed by atoms with Gasteiger partial charge in [0.25, 0.3) is 0 Å². The van der Waals surface area contributed by atoms with E-state index in [4.69, 9.17) is 5.73 Å². The van der Waals surface area contributed by atoms with Crippen molar-refractivity contribution in [3.63, 3.8) is 0 Å². The summed E-state index contributed by atoms with van der Waals surface area (Å²) in [4.78, 5) is 25.7. The molecule has 0 radical (unpaired) electrons. The molecule has 1 aliphatic rings. The second-order valence-corrected chi connectivity index (χ2v) is 7.65. The van der Waals surface area contributed by atoms with Crippen molar-refractivity contribution in [2.75, 3.05) is 18.4 Å². The van der Waals surface area contributed by atoms with E-state index in [1.54, 1.807) is 0 Å². The van der Waals surface area contributed by atoms with Crippen LogP contribution in [0.3, 0.4) is 0 Å². The van der Waals surface area contributed by atoms with Crippen LogP contribution in [0.1, 0.15) is 45.6 Å². The predicted molar refractivity (Wildman–Crippen MR) is 101 cm³/mol. The normalized spacial score (nSPS) is 19.6. The monoisotopic (exact) mass is 345 g/mol. The molecule has 2 amide bonds. The van der Waals surface area contributed by atoms with Crippen LogP contribution in [0.4, 0.5) is 5.69 Å². The number of primary amides is 1. The van der Waals surface area contributed by atoms with E-state index in [0.29, 0.717) is 18.3 Å². The number of rotatable bonds is 7. The summed E-state index contributed by atoms with van der Waals surface area (Å²) >= 11 is 0. The van der Waals surface area contributed by atoms with Crippen molar-refractivity contribution in [1.29, 1.82) is 0 Å². The Bertz CT molecular complexity index is 583. The zero-order valence-electron chi connectivity index (χ0n) is 15.6. The van der Waals surface area contributed by atoms with Crippen LogP contribution in [-0.2, 0) is 16.1 Å². The third kappa shape index (κ3) is 6.16. The Hall–Kier alpha value is -1.88. The number of carbonyl (C=O) groups excluding carboxylic acids is 2. The van der Waals surface area contributed by atoms with E-state index < -0.39 is 0 Å². The number of nitrogens with two attached hydrogens (primary N) is 1. The number of carbonyl (C=O) groups is 2. The first-order valence-electron chi connectivity index (χ1n) is 9.25. The molecule has 1 aromatic rings. The molecule has 1 heterocycles. The molecule has 5 heteroatoms. The fraction of sp³-hybridized carbons (Fsp3) is 0.600. The predicted octanol–water partition coefficient (Wildman–Crippen LogP) is 3.00. The summed E-state index contributed by atoms with van der Waals surface area (Å²) in [6.45, 7) is 8.91. The maximum absolute atomic E-state index is 12.1. The molecule has 0 bridgehead atoms. The second kappa shape index (κ2) is 8.99. The summed E-state index contributed by atoms with van der Waals surface area (Å²) in [5.41, 5.74) is 7.45. The zero-order chi connectivity index (χ0) is 18.4. The van der Waals surface area contributed by atoms with Gasteiger partial charge in [0, 0.05) is 25.2 Å². The Morgan fingerprint density at radius 2 is 1.92 bits per heavy atom. The van der Waals surface area contributed by atoms with Gasteiger partial charge >= 0.3 is 0 Å². The van der Waals surface area contributed by atoms with Crippen molar-refractivity contribution in [3.8, 4) is 0 Å². The van der Waals surface area contributed by atoms with E-state index in [1.807, 2.05) is 24.3 Å². The van der Waals surface area contributed by atoms with Gasteiger partial charge in [-0.2, -0.15) is 0 Å². The zero-order valence-corrected chi connectivity index (χ0v) is 15.6. The minimum Gasteiger partial charge on any atom is -0.369 e. The largest absolute Gasteiger partial charge is 0.369 e. The molecule has 1 aliphatic heterocycles. The van der Waals surface area contributed by atoms with Crippen LogP contribution < -0.4 is 11.1 Å². The molecule has 2 unspecified atom stereocenters. The number of likely N-dealkylation sites (tertiary alicyclic amines) is 1. The second-order valence-electron chi connectivity index (χ2n) is 7.65. The lowest BCUT2D eigenvalue weighted by molar-refractivity contribution is -0.123. The van der Waals surface area contributed by atoms with Gasteiger partial charge in [-0.1, -0.05) is 32.9 Å². The molecule has 2 atom stereocenters. The van der Waals surface area contributed by atoms with Crippen molar-refractivity contribution in [1.82, 2.24) is 4.90 Å². The summed E-state index contributed by atoms with van der Waals surface area (Å²) in [7, 11) is 0. The summed E-state index contributed by atoms with van der Waals surface area (Å²) in [6.07, 6.45) is 2.45. The third-order valence-electron chi connectivity index (χ3n) is 5.20. The Morgan fingerprint density at radius 1 is 1.24 bits per heavy atom. The first-order chi connectivity index (χ1) is 11.8. The molecule has 0 spiro atoms. The molecular weight excluding hydrogens is 314 g/mol. The lowest BCUT2D eigenvalue weighted by Crippen LogP contribution is -2.40. The van der Waals surface area contributed by atoms with Crippen LogP contribution in [0.25, 0.3) is 0 Å². The molecule has 1 saturated heterocycles. The van der Waals surface area contributed by atoms with Crippen molar-refractivity contribution in [2.45, 2.75) is 46.6 Å². The van der Waals surface area contributed by atoms with Gasteiger partial charge in [-0.15, -0.1) is 0 Å². The van der Waals surface area contributed by atoms with Gasteiger partial charge < -0.3 is 11.1 Å². The fourth-order valence-corrected chi connectivity index (χ4v) is 3.12. The van der Waals surface area contributed by atoms with Gasteiger partial charge in [0.1, 0.15) is 0 Å². The Morgan fingerprint density at radius 3 is 2.52 bits per heavy atom. The first kappa shape index (κ1) is 19.4. The standard InChI is InChI=1S/C20H31N3O2/c1-14(2)15(3)11-19(24)22-18-8-6-16(7-9-18)12-23-10-4-5-17(13-23)20(21)25/h6-9,14-15,17H,4-5,10-13H2,1-3H3,(H2,21,25)(H,22,24). The molecular formula is C20H31N3O2. The molecule has 5 nitrogen and oxygen atoms in total. The van der Waals surface area contributed by atoms with Gasteiger partial charge in [0.15, 0.2) is 0 Å². The minimum absolute atomic E-state index is 0.0322. The average molecular weight is 345 g/mol. The Balaban J connectivity index is 1.85. The summed E-state index contributed by atoms with van der Waals surface area (Å²) in [5.74, 6) is 0.710. The number of piperidine rings is 1. The highest BCUT2D eigenvalue weighted by Crippen LogP contribution is 2.20. The minimum atomic E-state index is -0.196. The molecule has 0 aromatic heterocycles. The van der Waals surface area contributed by atoms with Crippen LogP contribution in [0.15, 0.2) is 24.3 Å². The van der Waals surface area contributed by atoms with Crippen LogP contribution >= 0.6 is 0 Å². The van der Waals surface area contributed by atoms with Gasteiger partial charge in [-0.3, -0.25) is 14.5 Å². The van der Waals surface area contributed by atoms with E-state index in [0.717, 1.165) is 38.2 Å². The van der Waals surface area contributed by atoms with E-state index >= 15 is 0 Å². The van der Waals surface area contributed by atoms with Gasteiger partial charge in [-0.05, 0) is 48.9 Å². The fourth-order valence-electron chi connectivity index (χ4n) is 3.12. The molecule has 1 aromatic carbocycles. The van der Waals surface area contributed by atoms with Gasteiger partial charge in [0.05, 0.1) is 5.92 Å². The first-order valence-corrected chi connectivity index (χ1v) is 9.25. The number of nitrogens with one attached hydrogen (secondary N) is 1. The summed E-state index contributed by atoms with van der Waals surface area (Å²) in [5, 5.41) is 2.97. The lowest BCUT2D eigenvalue weighted by Gasteiger charge is -2.31. The number of nitrogens with zero attached hydrogens (tertiary/aromatic N) is 1. The molecule has 3 N–H and O–H groups in total.